The topological polar surface area (TPSA) is 58.7 Å². The van der Waals surface area contributed by atoms with Crippen LogP contribution < -0.4 is 5.84 Å². The Kier molecular flexibility index (Phi) is 2.62. The number of morpholine rings is 1. The van der Waals surface area contributed by atoms with Gasteiger partial charge in [-0.05, 0) is 6.92 Å². The first-order chi connectivity index (χ1) is 4.75. The van der Waals surface area contributed by atoms with Gasteiger partial charge in [-0.15, -0.1) is 0 Å². The summed E-state index contributed by atoms with van der Waals surface area (Å²) >= 11 is 0. The van der Waals surface area contributed by atoms with Gasteiger partial charge in [0.15, 0.2) is 0 Å². The molecule has 1 fully saturated rings. The third-order valence-electron chi connectivity index (χ3n) is 1.81. The van der Waals surface area contributed by atoms with Gasteiger partial charge < -0.3 is 9.84 Å². The minimum Gasteiger partial charge on any atom is -0.395 e. The van der Waals surface area contributed by atoms with E-state index in [0.717, 1.165) is 0 Å². The lowest BCUT2D eigenvalue weighted by Gasteiger charge is -2.35. The number of nitrogens with two attached hydrogens (primary N) is 1. The minimum absolute atomic E-state index is 0.0243. The predicted molar refractivity (Wildman–Crippen MR) is 37.2 cm³/mol. The molecule has 0 aromatic heterocycles. The zero-order chi connectivity index (χ0) is 7.56. The zero-order valence-electron chi connectivity index (χ0n) is 6.16. The van der Waals surface area contributed by atoms with Crippen LogP contribution in [-0.2, 0) is 4.74 Å². The van der Waals surface area contributed by atoms with Crippen LogP contribution in [0.25, 0.3) is 0 Å². The van der Waals surface area contributed by atoms with E-state index in [9.17, 15) is 0 Å². The Morgan fingerprint density at radius 2 is 2.40 bits per heavy atom. The van der Waals surface area contributed by atoms with Gasteiger partial charge in [-0.1, -0.05) is 0 Å². The molecular weight excluding hydrogens is 132 g/mol. The van der Waals surface area contributed by atoms with E-state index in [2.05, 4.69) is 0 Å². The summed E-state index contributed by atoms with van der Waals surface area (Å²) in [5, 5.41) is 10.4. The smallest absolute Gasteiger partial charge is 0.0709 e. The number of rotatable bonds is 1. The van der Waals surface area contributed by atoms with Crippen LogP contribution in [0.3, 0.4) is 0 Å². The van der Waals surface area contributed by atoms with Gasteiger partial charge in [-0.3, -0.25) is 5.84 Å². The Hall–Kier alpha value is -0.160. The molecule has 0 aromatic carbocycles. The summed E-state index contributed by atoms with van der Waals surface area (Å²) in [6.07, 6.45) is 0. The standard InChI is InChI=1S/C6H14N2O2/c1-5-3-10-4-6(2-9)8(5)7/h5-6,9H,2-4,7H2,1H3. The maximum atomic E-state index is 8.78. The molecule has 0 amide bonds. The lowest BCUT2D eigenvalue weighted by Crippen LogP contribution is -2.56. The van der Waals surface area contributed by atoms with Crippen molar-refractivity contribution in [3.63, 3.8) is 0 Å². The Morgan fingerprint density at radius 3 is 2.90 bits per heavy atom. The number of hydrogen-bond donors (Lipinski definition) is 2. The van der Waals surface area contributed by atoms with Gasteiger partial charge >= 0.3 is 0 Å². The average Bonchev–Trinajstić information content (AvgIpc) is 1.95. The van der Waals surface area contributed by atoms with E-state index in [1.807, 2.05) is 6.92 Å². The summed E-state index contributed by atoms with van der Waals surface area (Å²) in [6.45, 7) is 3.24. The fraction of sp³-hybridized carbons (Fsp3) is 1.00. The third-order valence-corrected chi connectivity index (χ3v) is 1.81. The molecule has 1 rings (SSSR count). The molecule has 0 aromatic rings. The molecule has 1 saturated heterocycles. The van der Waals surface area contributed by atoms with Gasteiger partial charge in [-0.25, -0.2) is 5.01 Å². The maximum Gasteiger partial charge on any atom is 0.0709 e. The van der Waals surface area contributed by atoms with Gasteiger partial charge in [0, 0.05) is 6.04 Å². The molecule has 0 aliphatic carbocycles. The SMILES string of the molecule is CC1COCC(CO)N1N. The second kappa shape index (κ2) is 3.30. The first-order valence-electron chi connectivity index (χ1n) is 3.47. The Balaban J connectivity index is 2.42. The highest BCUT2D eigenvalue weighted by atomic mass is 16.5. The maximum absolute atomic E-state index is 8.78. The molecule has 0 bridgehead atoms. The summed E-state index contributed by atoms with van der Waals surface area (Å²) in [6, 6.07) is 0.189. The van der Waals surface area contributed by atoms with E-state index in [4.69, 9.17) is 15.7 Å². The monoisotopic (exact) mass is 146 g/mol. The molecule has 0 spiro atoms. The molecule has 1 aliphatic heterocycles. The highest BCUT2D eigenvalue weighted by Crippen LogP contribution is 2.06. The van der Waals surface area contributed by atoms with Crippen LogP contribution in [0.1, 0.15) is 6.92 Å². The second-order valence-electron chi connectivity index (χ2n) is 2.67. The summed E-state index contributed by atoms with van der Waals surface area (Å²) in [5.41, 5.74) is 0. The fourth-order valence-corrected chi connectivity index (χ4v) is 1.05. The van der Waals surface area contributed by atoms with Crippen molar-refractivity contribution in [2.24, 2.45) is 5.84 Å². The molecule has 2 unspecified atom stereocenters. The zero-order valence-corrected chi connectivity index (χ0v) is 6.16. The van der Waals surface area contributed by atoms with Crippen molar-refractivity contribution < 1.29 is 9.84 Å². The minimum atomic E-state index is -0.0243. The number of aliphatic hydroxyl groups is 1. The van der Waals surface area contributed by atoms with Crippen LogP contribution in [0.2, 0.25) is 0 Å². The van der Waals surface area contributed by atoms with Gasteiger partial charge in [0.05, 0.1) is 25.9 Å². The highest BCUT2D eigenvalue weighted by Gasteiger charge is 2.24. The van der Waals surface area contributed by atoms with E-state index in [0.29, 0.717) is 13.2 Å². The number of nitrogens with zero attached hydrogens (tertiary/aromatic N) is 1. The Morgan fingerprint density at radius 1 is 1.70 bits per heavy atom. The second-order valence-corrected chi connectivity index (χ2v) is 2.67. The normalized spacial score (nSPS) is 36.3. The quantitative estimate of drug-likeness (QED) is 0.463. The van der Waals surface area contributed by atoms with Crippen molar-refractivity contribution >= 4 is 0 Å². The van der Waals surface area contributed by atoms with Crippen LogP contribution in [0.5, 0.6) is 0 Å². The highest BCUT2D eigenvalue weighted by molar-refractivity contribution is 4.75. The average molecular weight is 146 g/mol. The van der Waals surface area contributed by atoms with E-state index < -0.39 is 0 Å². The van der Waals surface area contributed by atoms with Gasteiger partial charge in [0.1, 0.15) is 0 Å². The molecule has 0 saturated carbocycles. The largest absolute Gasteiger partial charge is 0.395 e. The summed E-state index contributed by atoms with van der Waals surface area (Å²) < 4.78 is 5.17. The van der Waals surface area contributed by atoms with Crippen LogP contribution in [-0.4, -0.2) is 42.0 Å². The van der Waals surface area contributed by atoms with Crippen molar-refractivity contribution in [3.8, 4) is 0 Å². The van der Waals surface area contributed by atoms with Gasteiger partial charge in [0.2, 0.25) is 0 Å². The molecule has 3 N–H and O–H groups in total. The summed E-state index contributed by atoms with van der Waals surface area (Å²) in [5.74, 6) is 5.63. The molecule has 1 heterocycles. The molecular formula is C6H14N2O2. The first kappa shape index (κ1) is 7.94. The Bertz CT molecular complexity index is 110. The van der Waals surface area contributed by atoms with E-state index >= 15 is 0 Å². The third kappa shape index (κ3) is 1.46. The molecule has 1 aliphatic rings. The van der Waals surface area contributed by atoms with Crippen molar-refractivity contribution in [2.45, 2.75) is 19.0 Å². The van der Waals surface area contributed by atoms with Crippen LogP contribution in [0, 0.1) is 0 Å². The molecule has 4 heteroatoms. The summed E-state index contributed by atoms with van der Waals surface area (Å²) in [4.78, 5) is 0. The van der Waals surface area contributed by atoms with Crippen LogP contribution in [0.15, 0.2) is 0 Å². The van der Waals surface area contributed by atoms with Crippen molar-refractivity contribution in [1.82, 2.24) is 5.01 Å². The fourth-order valence-electron chi connectivity index (χ4n) is 1.05. The Labute approximate surface area is 60.5 Å². The van der Waals surface area contributed by atoms with Crippen LogP contribution in [0.4, 0.5) is 0 Å². The van der Waals surface area contributed by atoms with E-state index in [1.54, 1.807) is 5.01 Å². The number of ether oxygens (including phenoxy) is 1. The van der Waals surface area contributed by atoms with E-state index in [1.165, 1.54) is 0 Å². The predicted octanol–water partition coefficient (Wildman–Crippen LogP) is -1.06. The lowest BCUT2D eigenvalue weighted by atomic mass is 10.2. The molecule has 2 atom stereocenters. The molecule has 60 valence electrons. The first-order valence-corrected chi connectivity index (χ1v) is 3.47. The van der Waals surface area contributed by atoms with Crippen molar-refractivity contribution in [1.29, 1.82) is 0 Å². The number of hydrogen-bond acceptors (Lipinski definition) is 4. The van der Waals surface area contributed by atoms with E-state index in [-0.39, 0.29) is 18.7 Å². The van der Waals surface area contributed by atoms with Gasteiger partial charge in [0.25, 0.3) is 0 Å². The van der Waals surface area contributed by atoms with Crippen molar-refractivity contribution in [3.05, 3.63) is 0 Å². The lowest BCUT2D eigenvalue weighted by molar-refractivity contribution is -0.0603. The number of aliphatic hydroxyl groups excluding tert-OH is 1. The number of hydrazine groups is 1. The van der Waals surface area contributed by atoms with Gasteiger partial charge in [-0.2, -0.15) is 0 Å². The molecule has 4 nitrogen and oxygen atoms in total. The molecule has 10 heavy (non-hydrogen) atoms. The molecule has 0 radical (unpaired) electrons. The summed E-state index contributed by atoms with van der Waals surface area (Å²) in [7, 11) is 0. The van der Waals surface area contributed by atoms with Crippen molar-refractivity contribution in [2.75, 3.05) is 19.8 Å². The van der Waals surface area contributed by atoms with Crippen LogP contribution >= 0.6 is 0 Å².